The largest absolute Gasteiger partial charge is 0.383 e. The summed E-state index contributed by atoms with van der Waals surface area (Å²) in [6.07, 6.45) is 1.93. The Bertz CT molecular complexity index is 1010. The molecule has 150 valence electrons. The fourth-order valence-corrected chi connectivity index (χ4v) is 4.12. The predicted octanol–water partition coefficient (Wildman–Crippen LogP) is 3.48. The first-order chi connectivity index (χ1) is 14.0. The molecule has 2 heterocycles. The highest BCUT2D eigenvalue weighted by Gasteiger charge is 2.42. The van der Waals surface area contributed by atoms with E-state index >= 15 is 0 Å². The van der Waals surface area contributed by atoms with Crippen molar-refractivity contribution in [2.24, 2.45) is 0 Å². The van der Waals surface area contributed by atoms with Crippen LogP contribution in [0.5, 0.6) is 0 Å². The zero-order valence-corrected chi connectivity index (χ0v) is 17.2. The molecule has 2 aromatic rings. The number of methoxy groups -OCH3 is 1. The fourth-order valence-electron chi connectivity index (χ4n) is 4.12. The number of amides is 2. The number of benzene rings is 2. The third-order valence-corrected chi connectivity index (χ3v) is 5.84. The van der Waals surface area contributed by atoms with E-state index in [1.54, 1.807) is 7.11 Å². The monoisotopic (exact) mass is 390 g/mol. The van der Waals surface area contributed by atoms with Crippen molar-refractivity contribution in [2.75, 3.05) is 31.7 Å². The zero-order valence-electron chi connectivity index (χ0n) is 17.2. The normalized spacial score (nSPS) is 16.7. The Morgan fingerprint density at radius 1 is 1.00 bits per heavy atom. The van der Waals surface area contributed by atoms with Crippen molar-refractivity contribution in [1.82, 2.24) is 4.90 Å². The number of rotatable bonds is 5. The van der Waals surface area contributed by atoms with Crippen LogP contribution < -0.4 is 4.90 Å². The summed E-state index contributed by atoms with van der Waals surface area (Å²) in [5, 5.41) is 0. The van der Waals surface area contributed by atoms with Gasteiger partial charge in [-0.3, -0.25) is 14.5 Å². The maximum atomic E-state index is 13.4. The summed E-state index contributed by atoms with van der Waals surface area (Å²) < 4.78 is 5.13. The summed E-state index contributed by atoms with van der Waals surface area (Å²) in [6, 6.07) is 14.1. The molecular weight excluding hydrogens is 364 g/mol. The minimum Gasteiger partial charge on any atom is -0.383 e. The van der Waals surface area contributed by atoms with Crippen LogP contribution in [0.1, 0.15) is 28.7 Å². The number of carbonyl (C=O) groups excluding carboxylic acids is 2. The fraction of sp³-hybridized carbons (Fsp3) is 0.333. The number of hydrogen-bond acceptors (Lipinski definition) is 4. The lowest BCUT2D eigenvalue weighted by molar-refractivity contribution is -0.137. The average Bonchev–Trinajstić information content (AvgIpc) is 2.98. The molecule has 0 aromatic heterocycles. The zero-order chi connectivity index (χ0) is 20.5. The molecule has 2 amide bonds. The second-order valence-corrected chi connectivity index (χ2v) is 7.66. The topological polar surface area (TPSA) is 49.9 Å². The quantitative estimate of drug-likeness (QED) is 0.734. The van der Waals surface area contributed by atoms with Crippen molar-refractivity contribution >= 4 is 23.1 Å². The van der Waals surface area contributed by atoms with Crippen LogP contribution in [-0.2, 0) is 20.7 Å². The molecule has 5 heteroatoms. The molecule has 2 aliphatic rings. The van der Waals surface area contributed by atoms with E-state index in [1.807, 2.05) is 55.1 Å². The molecule has 29 heavy (non-hydrogen) atoms. The number of carbonyl (C=O) groups is 2. The van der Waals surface area contributed by atoms with Crippen molar-refractivity contribution in [1.29, 1.82) is 0 Å². The highest BCUT2D eigenvalue weighted by molar-refractivity contribution is 6.36. The summed E-state index contributed by atoms with van der Waals surface area (Å²) in [5.41, 5.74) is 6.26. The Hall–Kier alpha value is -2.92. The lowest BCUT2D eigenvalue weighted by Crippen LogP contribution is -2.38. The summed E-state index contributed by atoms with van der Waals surface area (Å²) in [4.78, 5) is 30.1. The second kappa shape index (κ2) is 7.84. The number of para-hydroxylation sites is 1. The van der Waals surface area contributed by atoms with E-state index in [0.29, 0.717) is 17.9 Å². The minimum atomic E-state index is -0.242. The van der Waals surface area contributed by atoms with E-state index in [-0.39, 0.29) is 18.4 Å². The van der Waals surface area contributed by atoms with Gasteiger partial charge in [0, 0.05) is 19.3 Å². The molecule has 5 nitrogen and oxygen atoms in total. The van der Waals surface area contributed by atoms with Crippen molar-refractivity contribution in [3.05, 3.63) is 70.4 Å². The van der Waals surface area contributed by atoms with E-state index in [4.69, 9.17) is 4.74 Å². The molecule has 0 N–H and O–H groups in total. The first-order valence-electron chi connectivity index (χ1n) is 10.1. The lowest BCUT2D eigenvalue weighted by atomic mass is 9.97. The molecule has 0 spiro atoms. The summed E-state index contributed by atoms with van der Waals surface area (Å²) >= 11 is 0. The van der Waals surface area contributed by atoms with Gasteiger partial charge in [0.1, 0.15) is 5.70 Å². The van der Waals surface area contributed by atoms with Crippen LogP contribution >= 0.6 is 0 Å². The van der Waals surface area contributed by atoms with Crippen molar-refractivity contribution in [3.63, 3.8) is 0 Å². The van der Waals surface area contributed by atoms with Crippen molar-refractivity contribution in [2.45, 2.75) is 26.7 Å². The van der Waals surface area contributed by atoms with Gasteiger partial charge in [-0.1, -0.05) is 36.4 Å². The Balaban J connectivity index is 1.88. The van der Waals surface area contributed by atoms with E-state index < -0.39 is 0 Å². The Morgan fingerprint density at radius 3 is 2.55 bits per heavy atom. The number of fused-ring (bicyclic) bond motifs is 1. The van der Waals surface area contributed by atoms with Gasteiger partial charge in [-0.25, -0.2) is 0 Å². The molecule has 0 unspecified atom stereocenters. The molecule has 2 aromatic carbocycles. The van der Waals surface area contributed by atoms with Crippen LogP contribution in [0.25, 0.3) is 5.57 Å². The molecule has 0 aliphatic carbocycles. The third kappa shape index (κ3) is 3.36. The summed E-state index contributed by atoms with van der Waals surface area (Å²) in [5.74, 6) is -0.481. The van der Waals surface area contributed by atoms with Crippen LogP contribution in [0.2, 0.25) is 0 Å². The second-order valence-electron chi connectivity index (χ2n) is 7.66. The number of ether oxygens (including phenoxy) is 1. The molecule has 0 radical (unpaired) electrons. The van der Waals surface area contributed by atoms with Gasteiger partial charge in [0.15, 0.2) is 0 Å². The van der Waals surface area contributed by atoms with Crippen LogP contribution in [0, 0.1) is 13.8 Å². The van der Waals surface area contributed by atoms with Gasteiger partial charge in [0.25, 0.3) is 11.8 Å². The summed E-state index contributed by atoms with van der Waals surface area (Å²) in [7, 11) is 1.57. The molecule has 0 saturated heterocycles. The molecule has 0 saturated carbocycles. The Kier molecular flexibility index (Phi) is 5.24. The van der Waals surface area contributed by atoms with E-state index in [0.717, 1.165) is 41.8 Å². The Labute approximate surface area is 171 Å². The van der Waals surface area contributed by atoms with Gasteiger partial charge in [-0.2, -0.15) is 0 Å². The number of nitrogens with zero attached hydrogens (tertiary/aromatic N) is 2. The van der Waals surface area contributed by atoms with Crippen LogP contribution in [0.3, 0.4) is 0 Å². The summed E-state index contributed by atoms with van der Waals surface area (Å²) in [6.45, 7) is 5.36. The van der Waals surface area contributed by atoms with E-state index in [9.17, 15) is 9.59 Å². The Morgan fingerprint density at radius 2 is 1.79 bits per heavy atom. The van der Waals surface area contributed by atoms with Gasteiger partial charge in [-0.05, 0) is 55.0 Å². The van der Waals surface area contributed by atoms with Gasteiger partial charge < -0.3 is 9.64 Å². The van der Waals surface area contributed by atoms with Crippen molar-refractivity contribution < 1.29 is 14.3 Å². The van der Waals surface area contributed by atoms with Gasteiger partial charge >= 0.3 is 0 Å². The number of hydrogen-bond donors (Lipinski definition) is 0. The minimum absolute atomic E-state index is 0.239. The third-order valence-electron chi connectivity index (χ3n) is 5.84. The number of anilines is 1. The SMILES string of the molecule is COCCN1C(=O)C(c2ccc(C)c(C)c2)=C(N2CCCc3ccccc32)C1=O. The smallest absolute Gasteiger partial charge is 0.278 e. The first kappa shape index (κ1) is 19.4. The van der Waals surface area contributed by atoms with E-state index in [2.05, 4.69) is 6.07 Å². The van der Waals surface area contributed by atoms with Crippen LogP contribution in [0.4, 0.5) is 5.69 Å². The lowest BCUT2D eigenvalue weighted by Gasteiger charge is -2.32. The molecule has 4 rings (SSSR count). The predicted molar refractivity (Wildman–Crippen MR) is 114 cm³/mol. The highest BCUT2D eigenvalue weighted by Crippen LogP contribution is 2.38. The number of aryl methyl sites for hydroxylation is 3. The van der Waals surface area contributed by atoms with Crippen LogP contribution in [0.15, 0.2) is 48.2 Å². The number of imide groups is 1. The van der Waals surface area contributed by atoms with E-state index in [1.165, 1.54) is 10.5 Å². The maximum absolute atomic E-state index is 13.4. The van der Waals surface area contributed by atoms with Gasteiger partial charge in [-0.15, -0.1) is 0 Å². The van der Waals surface area contributed by atoms with Gasteiger partial charge in [0.05, 0.1) is 18.7 Å². The van der Waals surface area contributed by atoms with Crippen molar-refractivity contribution in [3.8, 4) is 0 Å². The average molecular weight is 390 g/mol. The van der Waals surface area contributed by atoms with Gasteiger partial charge in [0.2, 0.25) is 0 Å². The molecule has 2 aliphatic heterocycles. The molecule has 0 bridgehead atoms. The highest BCUT2D eigenvalue weighted by atomic mass is 16.5. The standard InChI is InChI=1S/C24H26N2O3/c1-16-10-11-19(15-17(16)2)21-22(24(28)26(23(21)27)13-14-29-3)25-12-6-8-18-7-4-5-9-20(18)25/h4-5,7,9-11,15H,6,8,12-14H2,1-3H3. The molecular formula is C24H26N2O3. The first-order valence-corrected chi connectivity index (χ1v) is 10.1. The molecule has 0 fully saturated rings. The molecule has 0 atom stereocenters. The maximum Gasteiger partial charge on any atom is 0.278 e. The van der Waals surface area contributed by atoms with Crippen LogP contribution in [-0.4, -0.2) is 43.5 Å².